The number of ether oxygens (including phenoxy) is 2. The molecule has 0 aliphatic heterocycles. The van der Waals surface area contributed by atoms with Crippen LogP contribution in [0.4, 0.5) is 5.95 Å². The van der Waals surface area contributed by atoms with Crippen LogP contribution in [-0.4, -0.2) is 40.1 Å². The summed E-state index contributed by atoms with van der Waals surface area (Å²) in [5.41, 5.74) is 2.65. The number of aldehydes is 1. The van der Waals surface area contributed by atoms with E-state index in [1.54, 1.807) is 18.7 Å². The van der Waals surface area contributed by atoms with Crippen molar-refractivity contribution in [1.82, 2.24) is 19.6 Å². The summed E-state index contributed by atoms with van der Waals surface area (Å²) in [4.78, 5) is 20.3. The van der Waals surface area contributed by atoms with Gasteiger partial charge in [0.1, 0.15) is 0 Å². The van der Waals surface area contributed by atoms with E-state index in [9.17, 15) is 4.79 Å². The van der Waals surface area contributed by atoms with Crippen LogP contribution in [0.3, 0.4) is 0 Å². The van der Waals surface area contributed by atoms with Crippen LogP contribution in [0.25, 0.3) is 17.0 Å². The molecule has 0 radical (unpaired) electrons. The summed E-state index contributed by atoms with van der Waals surface area (Å²) in [7, 11) is 3.19. The smallest absolute Gasteiger partial charge is 0.226 e. The molecule has 0 spiro atoms. The largest absolute Gasteiger partial charge is 0.493 e. The zero-order chi connectivity index (χ0) is 20.2. The number of nitrogens with one attached hydrogen (secondary N) is 1. The van der Waals surface area contributed by atoms with E-state index in [2.05, 4.69) is 20.4 Å². The number of rotatable bonds is 7. The molecule has 1 N–H and O–H groups in total. The summed E-state index contributed by atoms with van der Waals surface area (Å²) in [5, 5.41) is 7.79. The summed E-state index contributed by atoms with van der Waals surface area (Å²) < 4.78 is 12.2. The van der Waals surface area contributed by atoms with Crippen molar-refractivity contribution in [2.75, 3.05) is 19.5 Å². The molecule has 2 aromatic carbocycles. The quantitative estimate of drug-likeness (QED) is 0.485. The van der Waals surface area contributed by atoms with Gasteiger partial charge >= 0.3 is 0 Å². The normalized spacial score (nSPS) is 10.7. The van der Waals surface area contributed by atoms with Gasteiger partial charge in [-0.05, 0) is 17.7 Å². The van der Waals surface area contributed by atoms with Crippen LogP contribution >= 0.6 is 0 Å². The Morgan fingerprint density at radius 3 is 2.59 bits per heavy atom. The van der Waals surface area contributed by atoms with Crippen molar-refractivity contribution in [3.05, 3.63) is 65.9 Å². The molecule has 0 aliphatic carbocycles. The highest BCUT2D eigenvalue weighted by Gasteiger charge is 2.14. The Balaban J connectivity index is 1.67. The van der Waals surface area contributed by atoms with Crippen LogP contribution in [0.1, 0.15) is 15.9 Å². The third-order valence-electron chi connectivity index (χ3n) is 4.45. The third kappa shape index (κ3) is 3.60. The number of hydrogen-bond donors (Lipinski definition) is 1. The lowest BCUT2D eigenvalue weighted by Crippen LogP contribution is -2.09. The zero-order valence-corrected chi connectivity index (χ0v) is 16.0. The van der Waals surface area contributed by atoms with Crippen molar-refractivity contribution < 1.29 is 14.3 Å². The minimum atomic E-state index is 0.372. The van der Waals surface area contributed by atoms with Crippen LogP contribution in [0, 0.1) is 0 Å². The fourth-order valence-corrected chi connectivity index (χ4v) is 2.97. The number of carbonyl (C=O) groups excluding carboxylic acids is 1. The standard InChI is InChI=1S/C21H19N5O3/c1-28-17-9-8-14(10-18(17)29-2)11-22-21-23-12-16(13-27)20-24-19(25-26(20)21)15-6-4-3-5-7-15/h3-10,12-13H,11H2,1-2H3,(H,22,23). The first kappa shape index (κ1) is 18.4. The van der Waals surface area contributed by atoms with Crippen molar-refractivity contribution in [1.29, 1.82) is 0 Å². The minimum Gasteiger partial charge on any atom is -0.493 e. The Morgan fingerprint density at radius 2 is 1.86 bits per heavy atom. The SMILES string of the molecule is COc1ccc(CNc2ncc(C=O)c3nc(-c4ccccc4)nn23)cc1OC. The first-order valence-electron chi connectivity index (χ1n) is 8.94. The van der Waals surface area contributed by atoms with Crippen LogP contribution in [0.2, 0.25) is 0 Å². The molecule has 8 heteroatoms. The molecule has 8 nitrogen and oxygen atoms in total. The number of hydrogen-bond acceptors (Lipinski definition) is 7. The van der Waals surface area contributed by atoms with Crippen LogP contribution in [-0.2, 0) is 6.54 Å². The van der Waals surface area contributed by atoms with E-state index in [1.807, 2.05) is 48.5 Å². The average molecular weight is 389 g/mol. The van der Waals surface area contributed by atoms with Crippen molar-refractivity contribution in [2.45, 2.75) is 6.54 Å². The van der Waals surface area contributed by atoms with E-state index in [1.165, 1.54) is 6.20 Å². The van der Waals surface area contributed by atoms with E-state index in [-0.39, 0.29) is 0 Å². The van der Waals surface area contributed by atoms with Gasteiger partial charge in [-0.1, -0.05) is 36.4 Å². The fourth-order valence-electron chi connectivity index (χ4n) is 2.97. The lowest BCUT2D eigenvalue weighted by molar-refractivity contribution is 0.112. The van der Waals surface area contributed by atoms with Gasteiger partial charge in [0.05, 0.1) is 19.8 Å². The number of aromatic nitrogens is 4. The molecule has 4 aromatic rings. The first-order chi connectivity index (χ1) is 14.2. The summed E-state index contributed by atoms with van der Waals surface area (Å²) in [6.07, 6.45) is 2.21. The summed E-state index contributed by atoms with van der Waals surface area (Å²) in [5.74, 6) is 2.31. The molecule has 4 rings (SSSR count). The molecule has 146 valence electrons. The predicted octanol–water partition coefficient (Wildman–Crippen LogP) is 3.23. The lowest BCUT2D eigenvalue weighted by Gasteiger charge is -2.11. The van der Waals surface area contributed by atoms with Crippen molar-refractivity contribution in [3.8, 4) is 22.9 Å². The van der Waals surface area contributed by atoms with E-state index in [0.717, 1.165) is 17.4 Å². The molecule has 0 fully saturated rings. The second-order valence-corrected chi connectivity index (χ2v) is 6.23. The second-order valence-electron chi connectivity index (χ2n) is 6.23. The molecule has 0 amide bonds. The van der Waals surface area contributed by atoms with Gasteiger partial charge in [0, 0.05) is 18.3 Å². The van der Waals surface area contributed by atoms with Crippen molar-refractivity contribution in [3.63, 3.8) is 0 Å². The summed E-state index contributed by atoms with van der Waals surface area (Å²) in [6.45, 7) is 0.476. The lowest BCUT2D eigenvalue weighted by atomic mass is 10.2. The van der Waals surface area contributed by atoms with Gasteiger partial charge in [0.2, 0.25) is 5.95 Å². The Hall–Kier alpha value is -3.94. The Labute approximate surface area is 167 Å². The third-order valence-corrected chi connectivity index (χ3v) is 4.45. The van der Waals surface area contributed by atoms with E-state index in [4.69, 9.17) is 9.47 Å². The molecule has 0 saturated carbocycles. The molecule has 0 saturated heterocycles. The minimum absolute atomic E-state index is 0.372. The van der Waals surface area contributed by atoms with E-state index < -0.39 is 0 Å². The first-order valence-corrected chi connectivity index (χ1v) is 8.94. The highest BCUT2D eigenvalue weighted by atomic mass is 16.5. The van der Waals surface area contributed by atoms with Gasteiger partial charge in [-0.25, -0.2) is 9.97 Å². The molecule has 0 bridgehead atoms. The van der Waals surface area contributed by atoms with Crippen LogP contribution < -0.4 is 14.8 Å². The van der Waals surface area contributed by atoms with Gasteiger partial charge in [0.25, 0.3) is 0 Å². The van der Waals surface area contributed by atoms with Gasteiger partial charge in [-0.2, -0.15) is 4.52 Å². The average Bonchev–Trinajstić information content (AvgIpc) is 3.23. The monoisotopic (exact) mass is 389 g/mol. The molecule has 2 heterocycles. The number of methoxy groups -OCH3 is 2. The number of carbonyl (C=O) groups is 1. The van der Waals surface area contributed by atoms with Gasteiger partial charge in [-0.3, -0.25) is 4.79 Å². The summed E-state index contributed by atoms with van der Waals surface area (Å²) in [6, 6.07) is 15.2. The number of nitrogens with zero attached hydrogens (tertiary/aromatic N) is 4. The zero-order valence-electron chi connectivity index (χ0n) is 16.0. The van der Waals surface area contributed by atoms with E-state index >= 15 is 0 Å². The van der Waals surface area contributed by atoms with Gasteiger partial charge in [-0.15, -0.1) is 5.10 Å². The van der Waals surface area contributed by atoms with Crippen molar-refractivity contribution >= 4 is 17.9 Å². The Morgan fingerprint density at radius 1 is 1.07 bits per heavy atom. The summed E-state index contributed by atoms with van der Waals surface area (Å²) >= 11 is 0. The maximum Gasteiger partial charge on any atom is 0.226 e. The van der Waals surface area contributed by atoms with E-state index in [0.29, 0.717) is 41.0 Å². The molecule has 2 aromatic heterocycles. The number of benzene rings is 2. The van der Waals surface area contributed by atoms with Gasteiger partial charge < -0.3 is 14.8 Å². The molecular weight excluding hydrogens is 370 g/mol. The molecule has 0 unspecified atom stereocenters. The maximum atomic E-state index is 11.4. The Bertz CT molecular complexity index is 1160. The second kappa shape index (κ2) is 7.97. The highest BCUT2D eigenvalue weighted by molar-refractivity contribution is 5.84. The predicted molar refractivity (Wildman–Crippen MR) is 108 cm³/mol. The Kier molecular flexibility index (Phi) is 5.07. The van der Waals surface area contributed by atoms with Gasteiger partial charge in [0.15, 0.2) is 29.3 Å². The molecule has 0 aliphatic rings. The number of anilines is 1. The molecule has 29 heavy (non-hydrogen) atoms. The number of fused-ring (bicyclic) bond motifs is 1. The van der Waals surface area contributed by atoms with Crippen LogP contribution in [0.15, 0.2) is 54.7 Å². The van der Waals surface area contributed by atoms with Crippen molar-refractivity contribution in [2.24, 2.45) is 0 Å². The molecule has 0 atom stereocenters. The highest BCUT2D eigenvalue weighted by Crippen LogP contribution is 2.28. The maximum absolute atomic E-state index is 11.4. The van der Waals surface area contributed by atoms with Crippen LogP contribution in [0.5, 0.6) is 11.5 Å². The molecular formula is C21H19N5O3. The topological polar surface area (TPSA) is 90.6 Å². The fraction of sp³-hybridized carbons (Fsp3) is 0.143.